The molecule has 3 atom stereocenters. The predicted octanol–water partition coefficient (Wildman–Crippen LogP) is 1.07. The minimum Gasteiger partial charge on any atom is -0.371 e. The maximum absolute atomic E-state index is 12.2. The molecule has 0 aromatic carbocycles. The van der Waals surface area contributed by atoms with E-state index in [1.165, 1.54) is 6.20 Å². The molecule has 130 valence electrons. The summed E-state index contributed by atoms with van der Waals surface area (Å²) in [6.45, 7) is 4.78. The molecule has 1 aromatic heterocycles. The first-order valence-electron chi connectivity index (χ1n) is 8.68. The van der Waals surface area contributed by atoms with Crippen LogP contribution in [-0.4, -0.2) is 53.7 Å². The molecule has 2 amide bonds. The Bertz CT molecular complexity index is 614. The van der Waals surface area contributed by atoms with Crippen LogP contribution in [0.3, 0.4) is 0 Å². The molecule has 3 fully saturated rings. The summed E-state index contributed by atoms with van der Waals surface area (Å²) in [6, 6.07) is 1.54. The van der Waals surface area contributed by atoms with Gasteiger partial charge in [0.2, 0.25) is 11.7 Å². The first-order valence-corrected chi connectivity index (χ1v) is 8.68. The number of carbonyl (C=O) groups is 2. The van der Waals surface area contributed by atoms with Crippen molar-refractivity contribution in [3.05, 3.63) is 18.0 Å². The zero-order chi connectivity index (χ0) is 16.7. The molecule has 1 aromatic rings. The van der Waals surface area contributed by atoms with Crippen molar-refractivity contribution < 1.29 is 18.8 Å². The van der Waals surface area contributed by atoms with Crippen LogP contribution in [0.2, 0.25) is 0 Å². The Balaban J connectivity index is 1.19. The van der Waals surface area contributed by atoms with Crippen LogP contribution in [0.5, 0.6) is 0 Å². The standard InChI is InChI=1S/C17H23N3O4/c1-11-6-13(11)16(22)20-9-17(10-20)4-2-12(8-23-17)7-18-15(21)14-3-5-19-24-14/h3,5,11-13H,2,4,6-10H2,1H3,(H,18,21)/t11-,12+,13+/m1/s1. The Morgan fingerprint density at radius 3 is 2.83 bits per heavy atom. The Kier molecular flexibility index (Phi) is 3.83. The second kappa shape index (κ2) is 5.88. The van der Waals surface area contributed by atoms with Crippen LogP contribution in [0.25, 0.3) is 0 Å². The largest absolute Gasteiger partial charge is 0.371 e. The molecule has 1 aliphatic carbocycles. The van der Waals surface area contributed by atoms with Crippen molar-refractivity contribution in [1.29, 1.82) is 0 Å². The number of aromatic nitrogens is 1. The number of nitrogens with zero attached hydrogens (tertiary/aromatic N) is 2. The van der Waals surface area contributed by atoms with Crippen molar-refractivity contribution in [3.8, 4) is 0 Å². The van der Waals surface area contributed by atoms with Gasteiger partial charge in [-0.15, -0.1) is 0 Å². The van der Waals surface area contributed by atoms with Crippen LogP contribution < -0.4 is 5.32 Å². The van der Waals surface area contributed by atoms with Gasteiger partial charge < -0.3 is 19.5 Å². The summed E-state index contributed by atoms with van der Waals surface area (Å²) in [6.07, 6.45) is 4.43. The van der Waals surface area contributed by atoms with Crippen molar-refractivity contribution in [2.45, 2.75) is 31.8 Å². The lowest BCUT2D eigenvalue weighted by molar-refractivity contribution is -0.189. The van der Waals surface area contributed by atoms with Gasteiger partial charge in [0.25, 0.3) is 5.91 Å². The minimum absolute atomic E-state index is 0.140. The van der Waals surface area contributed by atoms with Crippen molar-refractivity contribution in [3.63, 3.8) is 0 Å². The van der Waals surface area contributed by atoms with E-state index < -0.39 is 0 Å². The zero-order valence-corrected chi connectivity index (χ0v) is 13.9. The number of rotatable bonds is 4. The van der Waals surface area contributed by atoms with Crippen molar-refractivity contribution >= 4 is 11.8 Å². The lowest BCUT2D eigenvalue weighted by Crippen LogP contribution is -2.66. The molecular formula is C17H23N3O4. The van der Waals surface area contributed by atoms with Crippen LogP contribution in [0.1, 0.15) is 36.7 Å². The summed E-state index contributed by atoms with van der Waals surface area (Å²) < 4.78 is 10.9. The van der Waals surface area contributed by atoms with Gasteiger partial charge in [0.05, 0.1) is 25.9 Å². The Morgan fingerprint density at radius 2 is 2.25 bits per heavy atom. The summed E-state index contributed by atoms with van der Waals surface area (Å²) in [5.41, 5.74) is -0.140. The molecule has 3 heterocycles. The normalized spacial score (nSPS) is 30.7. The highest BCUT2D eigenvalue weighted by Crippen LogP contribution is 2.43. The van der Waals surface area contributed by atoms with Crippen LogP contribution in [-0.2, 0) is 9.53 Å². The van der Waals surface area contributed by atoms with Crippen molar-refractivity contribution in [1.82, 2.24) is 15.4 Å². The van der Waals surface area contributed by atoms with Gasteiger partial charge in [0.15, 0.2) is 0 Å². The smallest absolute Gasteiger partial charge is 0.289 e. The van der Waals surface area contributed by atoms with Gasteiger partial charge >= 0.3 is 0 Å². The number of hydrogen-bond donors (Lipinski definition) is 1. The molecule has 7 nitrogen and oxygen atoms in total. The van der Waals surface area contributed by atoms with E-state index in [-0.39, 0.29) is 23.2 Å². The minimum atomic E-state index is -0.244. The Labute approximate surface area is 140 Å². The Hall–Kier alpha value is -1.89. The summed E-state index contributed by atoms with van der Waals surface area (Å²) in [5.74, 6) is 1.40. The fourth-order valence-electron chi connectivity index (χ4n) is 3.69. The molecular weight excluding hydrogens is 310 g/mol. The highest BCUT2D eigenvalue weighted by Gasteiger charge is 2.52. The number of nitrogens with one attached hydrogen (secondary N) is 1. The fourth-order valence-corrected chi connectivity index (χ4v) is 3.69. The number of carbonyl (C=O) groups excluding carboxylic acids is 2. The lowest BCUT2D eigenvalue weighted by atomic mass is 9.82. The third kappa shape index (κ3) is 2.92. The van der Waals surface area contributed by atoms with E-state index in [1.54, 1.807) is 6.07 Å². The molecule has 2 saturated heterocycles. The number of amides is 2. The molecule has 3 aliphatic rings. The first-order chi connectivity index (χ1) is 11.6. The molecule has 24 heavy (non-hydrogen) atoms. The van der Waals surface area contributed by atoms with E-state index in [0.717, 1.165) is 32.4 Å². The summed E-state index contributed by atoms with van der Waals surface area (Å²) in [7, 11) is 0. The van der Waals surface area contributed by atoms with Crippen molar-refractivity contribution in [2.24, 2.45) is 17.8 Å². The monoisotopic (exact) mass is 333 g/mol. The van der Waals surface area contributed by atoms with Crippen LogP contribution in [0.4, 0.5) is 0 Å². The maximum atomic E-state index is 12.2. The van der Waals surface area contributed by atoms with E-state index in [2.05, 4.69) is 17.4 Å². The quantitative estimate of drug-likeness (QED) is 0.891. The topological polar surface area (TPSA) is 84.7 Å². The van der Waals surface area contributed by atoms with Crippen molar-refractivity contribution in [2.75, 3.05) is 26.2 Å². The van der Waals surface area contributed by atoms with Gasteiger partial charge in [-0.05, 0) is 31.1 Å². The van der Waals surface area contributed by atoms with Crippen LogP contribution in [0, 0.1) is 17.8 Å². The van der Waals surface area contributed by atoms with E-state index in [1.807, 2.05) is 4.90 Å². The van der Waals surface area contributed by atoms with E-state index >= 15 is 0 Å². The summed E-state index contributed by atoms with van der Waals surface area (Å²) >= 11 is 0. The van der Waals surface area contributed by atoms with Gasteiger partial charge in [-0.3, -0.25) is 9.59 Å². The SMILES string of the molecule is C[C@@H]1C[C@@H]1C(=O)N1CC2(CC[C@@H](CNC(=O)c3ccno3)CO2)C1. The first kappa shape index (κ1) is 15.6. The van der Waals surface area contributed by atoms with Crippen LogP contribution >= 0.6 is 0 Å². The van der Waals surface area contributed by atoms with Gasteiger partial charge in [0.1, 0.15) is 5.60 Å². The summed E-state index contributed by atoms with van der Waals surface area (Å²) in [4.78, 5) is 26.0. The zero-order valence-electron chi connectivity index (χ0n) is 13.9. The second-order valence-electron chi connectivity index (χ2n) is 7.50. The van der Waals surface area contributed by atoms with E-state index in [4.69, 9.17) is 9.26 Å². The van der Waals surface area contributed by atoms with Gasteiger partial charge in [-0.1, -0.05) is 12.1 Å². The van der Waals surface area contributed by atoms with Gasteiger partial charge in [0, 0.05) is 18.5 Å². The third-order valence-electron chi connectivity index (χ3n) is 5.54. The van der Waals surface area contributed by atoms with E-state index in [0.29, 0.717) is 30.9 Å². The summed E-state index contributed by atoms with van der Waals surface area (Å²) in [5, 5.41) is 6.38. The fraction of sp³-hybridized carbons (Fsp3) is 0.706. The van der Waals surface area contributed by atoms with E-state index in [9.17, 15) is 9.59 Å². The molecule has 4 rings (SSSR count). The van der Waals surface area contributed by atoms with Gasteiger partial charge in [-0.25, -0.2) is 0 Å². The molecule has 0 radical (unpaired) electrons. The number of hydrogen-bond acceptors (Lipinski definition) is 5. The highest BCUT2D eigenvalue weighted by atomic mass is 16.5. The molecule has 0 bridgehead atoms. The number of ether oxygens (including phenoxy) is 1. The average molecular weight is 333 g/mol. The molecule has 1 saturated carbocycles. The average Bonchev–Trinajstić information content (AvgIpc) is 3.06. The maximum Gasteiger partial charge on any atom is 0.289 e. The molecule has 1 N–H and O–H groups in total. The third-order valence-corrected chi connectivity index (χ3v) is 5.54. The molecule has 2 aliphatic heterocycles. The molecule has 7 heteroatoms. The predicted molar refractivity (Wildman–Crippen MR) is 84.1 cm³/mol. The Morgan fingerprint density at radius 1 is 1.46 bits per heavy atom. The molecule has 0 unspecified atom stereocenters. The molecule has 1 spiro atoms. The van der Waals surface area contributed by atoms with Gasteiger partial charge in [-0.2, -0.15) is 0 Å². The number of likely N-dealkylation sites (tertiary alicyclic amines) is 1. The highest BCUT2D eigenvalue weighted by molar-refractivity contribution is 5.91. The van der Waals surface area contributed by atoms with Crippen LogP contribution in [0.15, 0.2) is 16.8 Å². The second-order valence-corrected chi connectivity index (χ2v) is 7.50. The lowest BCUT2D eigenvalue weighted by Gasteiger charge is -2.53.